The molecule has 0 aliphatic carbocycles. The molecule has 18 heavy (non-hydrogen) atoms. The lowest BCUT2D eigenvalue weighted by Crippen LogP contribution is -2.20. The monoisotopic (exact) mass is 265 g/mol. The number of aryl methyl sites for hydroxylation is 1. The van der Waals surface area contributed by atoms with Gasteiger partial charge in [-0.15, -0.1) is 0 Å². The van der Waals surface area contributed by atoms with Crippen molar-refractivity contribution in [3.63, 3.8) is 0 Å². The molecule has 1 unspecified atom stereocenters. The average molecular weight is 266 g/mol. The molecule has 0 radical (unpaired) electrons. The second-order valence-corrected chi connectivity index (χ2v) is 4.94. The van der Waals surface area contributed by atoms with E-state index in [-0.39, 0.29) is 0 Å². The van der Waals surface area contributed by atoms with Gasteiger partial charge >= 0.3 is 0 Å². The second-order valence-electron chi connectivity index (χ2n) is 4.50. The summed E-state index contributed by atoms with van der Waals surface area (Å²) in [6.45, 7) is 5.33. The standard InChI is InChI=1S/C14H20ClN3/c1-4-8-18-13-9-10(15)6-7-12(13)17-14(18)11(5-2)16-3/h6-7,9,11,16H,4-5,8H2,1-3H3. The third-order valence-corrected chi connectivity index (χ3v) is 3.49. The minimum Gasteiger partial charge on any atom is -0.327 e. The van der Waals surface area contributed by atoms with Gasteiger partial charge in [-0.3, -0.25) is 0 Å². The number of halogens is 1. The van der Waals surface area contributed by atoms with Crippen molar-refractivity contribution in [2.75, 3.05) is 7.05 Å². The van der Waals surface area contributed by atoms with Gasteiger partial charge in [-0.25, -0.2) is 4.98 Å². The van der Waals surface area contributed by atoms with E-state index in [9.17, 15) is 0 Å². The Morgan fingerprint density at radius 1 is 1.39 bits per heavy atom. The van der Waals surface area contributed by atoms with Crippen molar-refractivity contribution < 1.29 is 0 Å². The second kappa shape index (κ2) is 5.72. The van der Waals surface area contributed by atoms with Crippen LogP contribution in [0.3, 0.4) is 0 Å². The fraction of sp³-hybridized carbons (Fsp3) is 0.500. The van der Waals surface area contributed by atoms with Crippen molar-refractivity contribution in [1.29, 1.82) is 0 Å². The smallest absolute Gasteiger partial charge is 0.127 e. The molecule has 3 nitrogen and oxygen atoms in total. The Morgan fingerprint density at radius 2 is 2.17 bits per heavy atom. The van der Waals surface area contributed by atoms with Crippen LogP contribution in [0.1, 0.15) is 38.6 Å². The Balaban J connectivity index is 2.60. The lowest BCUT2D eigenvalue weighted by atomic mass is 10.2. The zero-order chi connectivity index (χ0) is 13.1. The molecule has 1 aromatic heterocycles. The minimum absolute atomic E-state index is 0.294. The molecule has 0 aliphatic rings. The summed E-state index contributed by atoms with van der Waals surface area (Å²) < 4.78 is 2.28. The maximum absolute atomic E-state index is 6.09. The molecule has 1 atom stereocenters. The van der Waals surface area contributed by atoms with Gasteiger partial charge in [0.15, 0.2) is 0 Å². The van der Waals surface area contributed by atoms with E-state index in [1.807, 2.05) is 25.2 Å². The number of hydrogen-bond donors (Lipinski definition) is 1. The Kier molecular flexibility index (Phi) is 4.25. The number of fused-ring (bicyclic) bond motifs is 1. The number of nitrogens with one attached hydrogen (secondary N) is 1. The Bertz CT molecular complexity index is 529. The highest BCUT2D eigenvalue weighted by atomic mass is 35.5. The molecule has 1 aromatic carbocycles. The Hall–Kier alpha value is -1.06. The van der Waals surface area contributed by atoms with Crippen LogP contribution < -0.4 is 5.32 Å². The molecule has 0 aliphatic heterocycles. The van der Waals surface area contributed by atoms with Crippen molar-refractivity contribution in [1.82, 2.24) is 14.9 Å². The molecule has 1 heterocycles. The fourth-order valence-corrected chi connectivity index (χ4v) is 2.52. The first-order chi connectivity index (χ1) is 8.71. The Morgan fingerprint density at radius 3 is 2.78 bits per heavy atom. The van der Waals surface area contributed by atoms with Crippen LogP contribution in [-0.2, 0) is 6.54 Å². The first-order valence-electron chi connectivity index (χ1n) is 6.54. The third kappa shape index (κ3) is 2.38. The maximum Gasteiger partial charge on any atom is 0.127 e. The summed E-state index contributed by atoms with van der Waals surface area (Å²) >= 11 is 6.09. The summed E-state index contributed by atoms with van der Waals surface area (Å²) in [7, 11) is 1.98. The first kappa shape index (κ1) is 13.4. The number of nitrogens with zero attached hydrogens (tertiary/aromatic N) is 2. The van der Waals surface area contributed by atoms with Crippen LogP contribution in [0, 0.1) is 0 Å². The van der Waals surface area contributed by atoms with E-state index in [4.69, 9.17) is 16.6 Å². The summed E-state index contributed by atoms with van der Waals surface area (Å²) in [5, 5.41) is 4.09. The van der Waals surface area contributed by atoms with Gasteiger partial charge in [0.2, 0.25) is 0 Å². The van der Waals surface area contributed by atoms with Crippen molar-refractivity contribution in [2.45, 2.75) is 39.3 Å². The van der Waals surface area contributed by atoms with Gasteiger partial charge in [-0.05, 0) is 38.1 Å². The lowest BCUT2D eigenvalue weighted by molar-refractivity contribution is 0.508. The van der Waals surface area contributed by atoms with Crippen LogP contribution in [0.25, 0.3) is 11.0 Å². The van der Waals surface area contributed by atoms with Crippen LogP contribution in [-0.4, -0.2) is 16.6 Å². The van der Waals surface area contributed by atoms with Crippen LogP contribution in [0.15, 0.2) is 18.2 Å². The lowest BCUT2D eigenvalue weighted by Gasteiger charge is -2.15. The van der Waals surface area contributed by atoms with E-state index >= 15 is 0 Å². The first-order valence-corrected chi connectivity index (χ1v) is 6.92. The highest BCUT2D eigenvalue weighted by Gasteiger charge is 2.17. The number of hydrogen-bond acceptors (Lipinski definition) is 2. The average Bonchev–Trinajstić information content (AvgIpc) is 2.70. The summed E-state index contributed by atoms with van der Waals surface area (Å²) in [6.07, 6.45) is 2.11. The quantitative estimate of drug-likeness (QED) is 0.892. The summed E-state index contributed by atoms with van der Waals surface area (Å²) in [5.74, 6) is 1.11. The highest BCUT2D eigenvalue weighted by molar-refractivity contribution is 6.31. The van der Waals surface area contributed by atoms with Gasteiger partial charge in [-0.1, -0.05) is 25.4 Å². The minimum atomic E-state index is 0.294. The molecule has 4 heteroatoms. The van der Waals surface area contributed by atoms with Crippen molar-refractivity contribution >= 4 is 22.6 Å². The maximum atomic E-state index is 6.09. The molecule has 0 spiro atoms. The fourth-order valence-electron chi connectivity index (χ4n) is 2.35. The number of imidazole rings is 1. The molecule has 0 fully saturated rings. The van der Waals surface area contributed by atoms with E-state index in [0.29, 0.717) is 6.04 Å². The molecule has 0 saturated carbocycles. The van der Waals surface area contributed by atoms with E-state index in [0.717, 1.165) is 41.3 Å². The number of aromatic nitrogens is 2. The van der Waals surface area contributed by atoms with E-state index in [1.54, 1.807) is 0 Å². The SMILES string of the molecule is CCCn1c(C(CC)NC)nc2ccc(Cl)cc21. The van der Waals surface area contributed by atoms with Crippen LogP contribution >= 0.6 is 11.6 Å². The van der Waals surface area contributed by atoms with Gasteiger partial charge in [0.05, 0.1) is 17.1 Å². The molecule has 2 aromatic rings. The van der Waals surface area contributed by atoms with Crippen molar-refractivity contribution in [3.8, 4) is 0 Å². The topological polar surface area (TPSA) is 29.9 Å². The number of benzene rings is 1. The molecule has 0 amide bonds. The van der Waals surface area contributed by atoms with Crippen LogP contribution in [0.2, 0.25) is 5.02 Å². The van der Waals surface area contributed by atoms with Crippen molar-refractivity contribution in [2.24, 2.45) is 0 Å². The van der Waals surface area contributed by atoms with Gasteiger partial charge in [0.1, 0.15) is 5.82 Å². The number of rotatable bonds is 5. The molecular weight excluding hydrogens is 246 g/mol. The van der Waals surface area contributed by atoms with Gasteiger partial charge in [0.25, 0.3) is 0 Å². The predicted octanol–water partition coefficient (Wildman–Crippen LogP) is 3.77. The molecule has 98 valence electrons. The third-order valence-electron chi connectivity index (χ3n) is 3.26. The Labute approximate surface area is 113 Å². The van der Waals surface area contributed by atoms with Crippen molar-refractivity contribution in [3.05, 3.63) is 29.0 Å². The van der Waals surface area contributed by atoms with E-state index in [2.05, 4.69) is 23.7 Å². The normalized spacial score (nSPS) is 13.1. The van der Waals surface area contributed by atoms with Gasteiger partial charge < -0.3 is 9.88 Å². The van der Waals surface area contributed by atoms with E-state index in [1.165, 1.54) is 0 Å². The molecule has 0 saturated heterocycles. The zero-order valence-corrected chi connectivity index (χ0v) is 12.0. The summed E-state index contributed by atoms with van der Waals surface area (Å²) in [4.78, 5) is 4.76. The van der Waals surface area contributed by atoms with Gasteiger partial charge in [0, 0.05) is 11.6 Å². The highest BCUT2D eigenvalue weighted by Crippen LogP contribution is 2.25. The summed E-state index contributed by atoms with van der Waals surface area (Å²) in [6, 6.07) is 6.20. The molecule has 2 rings (SSSR count). The molecule has 1 N–H and O–H groups in total. The van der Waals surface area contributed by atoms with Gasteiger partial charge in [-0.2, -0.15) is 0 Å². The zero-order valence-electron chi connectivity index (χ0n) is 11.2. The summed E-state index contributed by atoms with van der Waals surface area (Å²) in [5.41, 5.74) is 2.16. The molecule has 0 bridgehead atoms. The predicted molar refractivity (Wildman–Crippen MR) is 77.1 cm³/mol. The largest absolute Gasteiger partial charge is 0.327 e. The van der Waals surface area contributed by atoms with Crippen LogP contribution in [0.5, 0.6) is 0 Å². The van der Waals surface area contributed by atoms with Crippen LogP contribution in [0.4, 0.5) is 0 Å². The molecular formula is C14H20ClN3. The van der Waals surface area contributed by atoms with E-state index < -0.39 is 0 Å².